The number of aromatic nitrogens is 2. The highest BCUT2D eigenvalue weighted by Gasteiger charge is 2.14. The molecule has 0 fully saturated rings. The van der Waals surface area contributed by atoms with Gasteiger partial charge in [-0.3, -0.25) is 0 Å². The van der Waals surface area contributed by atoms with Crippen molar-refractivity contribution in [3.05, 3.63) is 59.4 Å². The molecule has 21 heavy (non-hydrogen) atoms. The zero-order valence-corrected chi connectivity index (χ0v) is 12.9. The van der Waals surface area contributed by atoms with Crippen molar-refractivity contribution in [2.75, 3.05) is 6.54 Å². The Labute approximate surface area is 129 Å². The molecule has 2 heterocycles. The average Bonchev–Trinajstić information content (AvgIpc) is 3.01. The van der Waals surface area contributed by atoms with Crippen molar-refractivity contribution in [2.24, 2.45) is 0 Å². The summed E-state index contributed by atoms with van der Waals surface area (Å²) in [7, 11) is 0. The molecule has 0 aliphatic carbocycles. The Balaban J connectivity index is 1.89. The Morgan fingerprint density at radius 2 is 2.00 bits per heavy atom. The second-order valence-electron chi connectivity index (χ2n) is 5.08. The van der Waals surface area contributed by atoms with Crippen molar-refractivity contribution in [1.29, 1.82) is 0 Å². The number of benzene rings is 1. The summed E-state index contributed by atoms with van der Waals surface area (Å²) in [6, 6.07) is 13.0. The number of hydrogen-bond acceptors (Lipinski definition) is 4. The zero-order valence-electron chi connectivity index (χ0n) is 12.1. The van der Waals surface area contributed by atoms with Gasteiger partial charge in [-0.25, -0.2) is 9.97 Å². The van der Waals surface area contributed by atoms with Crippen molar-refractivity contribution < 1.29 is 0 Å². The summed E-state index contributed by atoms with van der Waals surface area (Å²) in [5, 5.41) is 6.90. The van der Waals surface area contributed by atoms with Crippen LogP contribution in [-0.2, 0) is 6.42 Å². The van der Waals surface area contributed by atoms with Crippen LogP contribution in [0, 0.1) is 0 Å². The topological polar surface area (TPSA) is 37.8 Å². The number of fused-ring (bicyclic) bond motifs is 1. The molecule has 4 heteroatoms. The maximum Gasteiger partial charge on any atom is 0.126 e. The van der Waals surface area contributed by atoms with Gasteiger partial charge in [0.1, 0.15) is 11.2 Å². The first kappa shape index (κ1) is 14.2. The van der Waals surface area contributed by atoms with E-state index in [2.05, 4.69) is 64.0 Å². The molecule has 3 rings (SSSR count). The van der Waals surface area contributed by atoms with Gasteiger partial charge in [0, 0.05) is 17.8 Å². The van der Waals surface area contributed by atoms with Gasteiger partial charge in [-0.15, -0.1) is 11.3 Å². The van der Waals surface area contributed by atoms with E-state index in [1.54, 1.807) is 17.7 Å². The maximum absolute atomic E-state index is 4.51. The molecule has 1 atom stereocenters. The molecule has 0 saturated carbocycles. The molecule has 1 unspecified atom stereocenters. The van der Waals surface area contributed by atoms with Crippen molar-refractivity contribution in [1.82, 2.24) is 15.3 Å². The molecule has 0 amide bonds. The Kier molecular flexibility index (Phi) is 4.58. The Morgan fingerprint density at radius 3 is 2.81 bits per heavy atom. The van der Waals surface area contributed by atoms with Gasteiger partial charge in [-0.05, 0) is 30.0 Å². The first-order chi connectivity index (χ1) is 10.4. The third-order valence-electron chi connectivity index (χ3n) is 3.58. The van der Waals surface area contributed by atoms with E-state index in [1.807, 2.05) is 0 Å². The van der Waals surface area contributed by atoms with E-state index < -0.39 is 0 Å². The molecule has 2 aromatic heterocycles. The average molecular weight is 297 g/mol. The highest BCUT2D eigenvalue weighted by Crippen LogP contribution is 2.25. The summed E-state index contributed by atoms with van der Waals surface area (Å²) in [6.45, 7) is 3.20. The van der Waals surface area contributed by atoms with Crippen LogP contribution in [0.2, 0.25) is 0 Å². The first-order valence-corrected chi connectivity index (χ1v) is 8.22. The van der Waals surface area contributed by atoms with Crippen molar-refractivity contribution in [3.8, 4) is 0 Å². The second kappa shape index (κ2) is 6.78. The highest BCUT2D eigenvalue weighted by atomic mass is 32.1. The van der Waals surface area contributed by atoms with E-state index in [0.29, 0.717) is 6.04 Å². The summed E-state index contributed by atoms with van der Waals surface area (Å²) in [5.74, 6) is 0. The summed E-state index contributed by atoms with van der Waals surface area (Å²) >= 11 is 1.67. The van der Waals surface area contributed by atoms with E-state index in [-0.39, 0.29) is 0 Å². The maximum atomic E-state index is 4.51. The molecule has 1 N–H and O–H groups in total. The normalized spacial score (nSPS) is 12.6. The molecule has 3 nitrogen and oxygen atoms in total. The van der Waals surface area contributed by atoms with Gasteiger partial charge in [0.15, 0.2) is 0 Å². The predicted octanol–water partition coefficient (Wildman–Crippen LogP) is 3.97. The molecule has 0 aliphatic heterocycles. The minimum atomic E-state index is 0.296. The van der Waals surface area contributed by atoms with Gasteiger partial charge in [0.25, 0.3) is 0 Å². The minimum Gasteiger partial charge on any atom is -0.310 e. The van der Waals surface area contributed by atoms with Gasteiger partial charge in [-0.2, -0.15) is 0 Å². The third-order valence-corrected chi connectivity index (χ3v) is 4.41. The highest BCUT2D eigenvalue weighted by molar-refractivity contribution is 7.16. The van der Waals surface area contributed by atoms with Crippen LogP contribution in [0.15, 0.2) is 48.1 Å². The predicted molar refractivity (Wildman–Crippen MR) is 88.6 cm³/mol. The number of hydrogen-bond donors (Lipinski definition) is 1. The summed E-state index contributed by atoms with van der Waals surface area (Å²) in [6.07, 6.45) is 3.69. The lowest BCUT2D eigenvalue weighted by Gasteiger charge is -2.19. The Morgan fingerprint density at radius 1 is 1.14 bits per heavy atom. The largest absolute Gasteiger partial charge is 0.310 e. The fourth-order valence-corrected chi connectivity index (χ4v) is 3.26. The molecule has 0 saturated heterocycles. The lowest BCUT2D eigenvalue weighted by molar-refractivity contribution is 0.526. The quantitative estimate of drug-likeness (QED) is 0.748. The van der Waals surface area contributed by atoms with E-state index in [9.17, 15) is 0 Å². The standard InChI is InChI=1S/C17H19N3S/c1-2-9-18-15(13-6-4-3-5-7-13)11-16-14-8-10-21-17(14)20-12-19-16/h3-8,10,12,15,18H,2,9,11H2,1H3. The summed E-state index contributed by atoms with van der Waals surface area (Å²) < 4.78 is 0. The zero-order chi connectivity index (χ0) is 14.5. The van der Waals surface area contributed by atoms with Crippen molar-refractivity contribution >= 4 is 21.6 Å². The Bertz CT molecular complexity index is 693. The fourth-order valence-electron chi connectivity index (χ4n) is 2.51. The second-order valence-corrected chi connectivity index (χ2v) is 5.98. The molecule has 0 radical (unpaired) electrons. The molecule has 0 spiro atoms. The molecule has 108 valence electrons. The molecule has 3 aromatic rings. The fraction of sp³-hybridized carbons (Fsp3) is 0.294. The van der Waals surface area contributed by atoms with Crippen LogP contribution in [0.25, 0.3) is 10.2 Å². The summed E-state index contributed by atoms with van der Waals surface area (Å²) in [5.41, 5.74) is 2.44. The lowest BCUT2D eigenvalue weighted by atomic mass is 10.0. The van der Waals surface area contributed by atoms with E-state index in [4.69, 9.17) is 0 Å². The monoisotopic (exact) mass is 297 g/mol. The Hall–Kier alpha value is -1.78. The first-order valence-electron chi connectivity index (χ1n) is 7.34. The van der Waals surface area contributed by atoms with Gasteiger partial charge in [0.05, 0.1) is 5.69 Å². The molecule has 0 bridgehead atoms. The number of nitrogens with one attached hydrogen (secondary N) is 1. The van der Waals surface area contributed by atoms with E-state index >= 15 is 0 Å². The van der Waals surface area contributed by atoms with Gasteiger partial charge >= 0.3 is 0 Å². The smallest absolute Gasteiger partial charge is 0.126 e. The lowest BCUT2D eigenvalue weighted by Crippen LogP contribution is -2.24. The SMILES string of the molecule is CCCNC(Cc1ncnc2sccc12)c1ccccc1. The minimum absolute atomic E-state index is 0.296. The van der Waals surface area contributed by atoms with Crippen LogP contribution in [0.5, 0.6) is 0 Å². The third kappa shape index (κ3) is 3.28. The van der Waals surface area contributed by atoms with Crippen LogP contribution < -0.4 is 5.32 Å². The molecule has 0 aliphatic rings. The van der Waals surface area contributed by atoms with Crippen LogP contribution in [-0.4, -0.2) is 16.5 Å². The number of nitrogens with zero attached hydrogens (tertiary/aromatic N) is 2. The number of thiophene rings is 1. The van der Waals surface area contributed by atoms with Gasteiger partial charge in [0.2, 0.25) is 0 Å². The summed E-state index contributed by atoms with van der Waals surface area (Å²) in [4.78, 5) is 9.91. The molecular formula is C17H19N3S. The molecule has 1 aromatic carbocycles. The van der Waals surface area contributed by atoms with Crippen LogP contribution in [0.1, 0.15) is 30.6 Å². The van der Waals surface area contributed by atoms with Crippen molar-refractivity contribution in [2.45, 2.75) is 25.8 Å². The number of rotatable bonds is 6. The van der Waals surface area contributed by atoms with E-state index in [0.717, 1.165) is 29.9 Å². The molecular weight excluding hydrogens is 278 g/mol. The van der Waals surface area contributed by atoms with Crippen LogP contribution in [0.3, 0.4) is 0 Å². The van der Waals surface area contributed by atoms with Crippen LogP contribution >= 0.6 is 11.3 Å². The van der Waals surface area contributed by atoms with Crippen molar-refractivity contribution in [3.63, 3.8) is 0 Å². The van der Waals surface area contributed by atoms with E-state index in [1.165, 1.54) is 10.9 Å². The van der Waals surface area contributed by atoms with Gasteiger partial charge in [-0.1, -0.05) is 37.3 Å². The van der Waals surface area contributed by atoms with Gasteiger partial charge < -0.3 is 5.32 Å². The van der Waals surface area contributed by atoms with Crippen LogP contribution in [0.4, 0.5) is 0 Å².